The third-order valence-corrected chi connectivity index (χ3v) is 2.61. The summed E-state index contributed by atoms with van der Waals surface area (Å²) in [4.78, 5) is 11.6. The van der Waals surface area contributed by atoms with E-state index in [0.717, 1.165) is 17.9 Å². The largest absolute Gasteiger partial charge is 0.284 e. The minimum atomic E-state index is -0.209. The fourth-order valence-corrected chi connectivity index (χ4v) is 1.94. The van der Waals surface area contributed by atoms with E-state index in [1.54, 1.807) is 0 Å². The van der Waals surface area contributed by atoms with Gasteiger partial charge in [0.15, 0.2) is 0 Å². The molecule has 1 fully saturated rings. The highest BCUT2D eigenvalue weighted by molar-refractivity contribution is 5.83. The molecule has 0 radical (unpaired) electrons. The molecule has 0 aliphatic carbocycles. The lowest BCUT2D eigenvalue weighted by atomic mass is 10.0. The first-order valence-electron chi connectivity index (χ1n) is 5.69. The van der Waals surface area contributed by atoms with Crippen molar-refractivity contribution in [3.63, 3.8) is 0 Å². The molecule has 2 N–H and O–H groups in total. The van der Waals surface area contributed by atoms with Crippen molar-refractivity contribution in [2.75, 3.05) is 0 Å². The first-order valence-corrected chi connectivity index (χ1v) is 5.69. The van der Waals surface area contributed by atoms with Crippen LogP contribution in [0.4, 0.5) is 0 Å². The first kappa shape index (κ1) is 12.5. The highest BCUT2D eigenvalue weighted by atomic mass is 16.5. The smallest absolute Gasteiger partial charge is 0.264 e. The summed E-state index contributed by atoms with van der Waals surface area (Å²) in [7, 11) is 0. The third-order valence-electron chi connectivity index (χ3n) is 2.61. The Morgan fingerprint density at radius 3 is 2.27 bits per heavy atom. The van der Waals surface area contributed by atoms with Crippen LogP contribution in [0.5, 0.6) is 0 Å². The van der Waals surface area contributed by atoms with Crippen molar-refractivity contribution in [2.45, 2.75) is 52.7 Å². The number of nitrogens with zero attached hydrogens (tertiary/aromatic N) is 1. The Kier molecular flexibility index (Phi) is 4.11. The zero-order chi connectivity index (χ0) is 11.6. The number of amides is 1. The predicted octanol–water partition coefficient (Wildman–Crippen LogP) is 1.59. The fraction of sp³-hybridized carbons (Fsp3) is 0.909. The Bertz CT molecular complexity index is 229. The molecule has 0 aromatic carbocycles. The van der Waals surface area contributed by atoms with Crippen molar-refractivity contribution in [2.24, 2.45) is 11.8 Å². The summed E-state index contributed by atoms with van der Waals surface area (Å²) in [6.07, 6.45) is 1.36. The Morgan fingerprint density at radius 2 is 1.80 bits per heavy atom. The molecule has 1 aliphatic heterocycles. The lowest BCUT2D eigenvalue weighted by Gasteiger charge is -2.18. The maximum Gasteiger partial charge on any atom is 0.264 e. The van der Waals surface area contributed by atoms with Gasteiger partial charge in [-0.3, -0.25) is 15.3 Å². The quantitative estimate of drug-likeness (QED) is 0.699. The van der Waals surface area contributed by atoms with Gasteiger partial charge in [-0.05, 0) is 24.7 Å². The standard InChI is InChI=1S/C11H22N2O2/c1-7(2)5-9-11(14)13(15)10(12-9)6-8(3)4/h7-10,12,15H,5-6H2,1-4H3/t9-,10+/m0/s1. The van der Waals surface area contributed by atoms with Crippen LogP contribution >= 0.6 is 0 Å². The zero-order valence-electron chi connectivity index (χ0n) is 10.0. The van der Waals surface area contributed by atoms with Gasteiger partial charge in [-0.1, -0.05) is 27.7 Å². The zero-order valence-corrected chi connectivity index (χ0v) is 10.0. The molecule has 0 spiro atoms. The Morgan fingerprint density at radius 1 is 1.27 bits per heavy atom. The van der Waals surface area contributed by atoms with E-state index in [2.05, 4.69) is 33.0 Å². The summed E-state index contributed by atoms with van der Waals surface area (Å²) in [6.45, 7) is 8.31. The summed E-state index contributed by atoms with van der Waals surface area (Å²) in [5.41, 5.74) is 0. The van der Waals surface area contributed by atoms with E-state index >= 15 is 0 Å². The van der Waals surface area contributed by atoms with Crippen LogP contribution in [0.25, 0.3) is 0 Å². The average molecular weight is 214 g/mol. The lowest BCUT2D eigenvalue weighted by molar-refractivity contribution is -0.167. The van der Waals surface area contributed by atoms with Crippen LogP contribution in [0, 0.1) is 11.8 Å². The Labute approximate surface area is 91.6 Å². The number of hydrogen-bond donors (Lipinski definition) is 2. The van der Waals surface area contributed by atoms with Gasteiger partial charge in [0.25, 0.3) is 5.91 Å². The van der Waals surface area contributed by atoms with Crippen LogP contribution < -0.4 is 5.32 Å². The number of rotatable bonds is 4. The van der Waals surface area contributed by atoms with Crippen molar-refractivity contribution in [3.05, 3.63) is 0 Å². The molecule has 2 atom stereocenters. The lowest BCUT2D eigenvalue weighted by Crippen LogP contribution is -2.36. The molecule has 1 rings (SSSR count). The molecule has 4 nitrogen and oxygen atoms in total. The van der Waals surface area contributed by atoms with Gasteiger partial charge in [0.1, 0.15) is 6.17 Å². The van der Waals surface area contributed by atoms with Crippen molar-refractivity contribution >= 4 is 5.91 Å². The van der Waals surface area contributed by atoms with Gasteiger partial charge >= 0.3 is 0 Å². The van der Waals surface area contributed by atoms with Crippen LogP contribution in [-0.4, -0.2) is 28.4 Å². The average Bonchev–Trinajstić information content (AvgIpc) is 2.32. The molecule has 4 heteroatoms. The van der Waals surface area contributed by atoms with E-state index in [9.17, 15) is 10.0 Å². The number of hydroxylamine groups is 2. The number of nitrogens with one attached hydrogen (secondary N) is 1. The highest BCUT2D eigenvalue weighted by Gasteiger charge is 2.38. The molecule has 1 aliphatic rings. The number of hydrogen-bond acceptors (Lipinski definition) is 3. The summed E-state index contributed by atoms with van der Waals surface area (Å²) in [5, 5.41) is 13.7. The molecule has 88 valence electrons. The van der Waals surface area contributed by atoms with E-state index in [0.29, 0.717) is 11.8 Å². The van der Waals surface area contributed by atoms with E-state index in [1.807, 2.05) is 0 Å². The summed E-state index contributed by atoms with van der Waals surface area (Å²) in [6, 6.07) is -0.209. The highest BCUT2D eigenvalue weighted by Crippen LogP contribution is 2.19. The van der Waals surface area contributed by atoms with Gasteiger partial charge < -0.3 is 0 Å². The van der Waals surface area contributed by atoms with Crippen molar-refractivity contribution in [1.82, 2.24) is 10.4 Å². The van der Waals surface area contributed by atoms with Gasteiger partial charge in [0, 0.05) is 0 Å². The van der Waals surface area contributed by atoms with Crippen molar-refractivity contribution in [1.29, 1.82) is 0 Å². The molecule has 15 heavy (non-hydrogen) atoms. The Hall–Kier alpha value is -0.610. The summed E-state index contributed by atoms with van der Waals surface area (Å²) < 4.78 is 0. The number of carbonyl (C=O) groups is 1. The van der Waals surface area contributed by atoms with E-state index in [-0.39, 0.29) is 18.1 Å². The summed E-state index contributed by atoms with van der Waals surface area (Å²) in [5.74, 6) is 0.731. The molecule has 0 aromatic rings. The molecule has 1 amide bonds. The predicted molar refractivity (Wildman–Crippen MR) is 58.3 cm³/mol. The van der Waals surface area contributed by atoms with Crippen LogP contribution in [0.2, 0.25) is 0 Å². The van der Waals surface area contributed by atoms with Crippen LogP contribution in [-0.2, 0) is 4.79 Å². The maximum absolute atomic E-state index is 11.6. The minimum absolute atomic E-state index is 0.186. The van der Waals surface area contributed by atoms with E-state index in [4.69, 9.17) is 0 Å². The molecule has 1 heterocycles. The monoisotopic (exact) mass is 214 g/mol. The first-order chi connectivity index (χ1) is 6.91. The maximum atomic E-state index is 11.6. The normalized spacial score (nSPS) is 27.1. The van der Waals surface area contributed by atoms with Gasteiger partial charge in [-0.2, -0.15) is 0 Å². The fourth-order valence-electron chi connectivity index (χ4n) is 1.94. The van der Waals surface area contributed by atoms with Gasteiger partial charge in [-0.25, -0.2) is 5.06 Å². The van der Waals surface area contributed by atoms with Crippen LogP contribution in [0.3, 0.4) is 0 Å². The van der Waals surface area contributed by atoms with Gasteiger partial charge in [-0.15, -0.1) is 0 Å². The second-order valence-corrected chi connectivity index (χ2v) is 5.18. The molecule has 0 bridgehead atoms. The SMILES string of the molecule is CC(C)C[C@@H]1N[C@@H](CC(C)C)N(O)C1=O. The molecule has 0 saturated carbocycles. The second kappa shape index (κ2) is 4.94. The molecular weight excluding hydrogens is 192 g/mol. The summed E-state index contributed by atoms with van der Waals surface area (Å²) >= 11 is 0. The minimum Gasteiger partial charge on any atom is -0.284 e. The molecular formula is C11H22N2O2. The molecule has 0 unspecified atom stereocenters. The van der Waals surface area contributed by atoms with Crippen molar-refractivity contribution < 1.29 is 10.0 Å². The second-order valence-electron chi connectivity index (χ2n) is 5.18. The van der Waals surface area contributed by atoms with Crippen LogP contribution in [0.15, 0.2) is 0 Å². The number of carbonyl (C=O) groups excluding carboxylic acids is 1. The topological polar surface area (TPSA) is 52.6 Å². The molecule has 1 saturated heterocycles. The Balaban J connectivity index is 2.55. The molecule has 0 aromatic heterocycles. The van der Waals surface area contributed by atoms with E-state index in [1.165, 1.54) is 0 Å². The third kappa shape index (κ3) is 3.18. The van der Waals surface area contributed by atoms with Crippen molar-refractivity contribution in [3.8, 4) is 0 Å². The van der Waals surface area contributed by atoms with Gasteiger partial charge in [0.2, 0.25) is 0 Å². The van der Waals surface area contributed by atoms with Gasteiger partial charge in [0.05, 0.1) is 6.04 Å². The van der Waals surface area contributed by atoms with E-state index < -0.39 is 0 Å². The van der Waals surface area contributed by atoms with Crippen LogP contribution in [0.1, 0.15) is 40.5 Å².